The number of rotatable bonds is 3. The monoisotopic (exact) mass is 466 g/mol. The van der Waals surface area contributed by atoms with Crippen LogP contribution in [-0.4, -0.2) is 10.2 Å². The van der Waals surface area contributed by atoms with Crippen molar-refractivity contribution in [1.82, 2.24) is 0 Å². The van der Waals surface area contributed by atoms with Crippen molar-refractivity contribution < 1.29 is 10.2 Å². The number of hydrogen-bond acceptors (Lipinski definition) is 2. The minimum absolute atomic E-state index is 0.211. The lowest BCUT2D eigenvalue weighted by molar-refractivity contribution is 0.474. The second-order valence-electron chi connectivity index (χ2n) is 9.36. The molecule has 0 fully saturated rings. The number of phenols is 2. The Labute approximate surface area is 210 Å². The zero-order valence-electron chi connectivity index (χ0n) is 20.1. The Hall–Kier alpha value is -4.56. The molecule has 0 amide bonds. The van der Waals surface area contributed by atoms with Crippen molar-refractivity contribution in [2.45, 2.75) is 12.3 Å². The SMILES string of the molecule is C=c1cc(O)cc/c1=C/C(=C\C)C1(c2ccc3cc(O)ccc3c2)c2ccccc2-c2ccccc21. The maximum Gasteiger partial charge on any atom is 0.116 e. The van der Waals surface area contributed by atoms with E-state index in [4.69, 9.17) is 0 Å². The van der Waals surface area contributed by atoms with Gasteiger partial charge in [-0.25, -0.2) is 0 Å². The van der Waals surface area contributed by atoms with Crippen molar-refractivity contribution >= 4 is 23.4 Å². The van der Waals surface area contributed by atoms with E-state index in [1.54, 1.807) is 24.3 Å². The summed E-state index contributed by atoms with van der Waals surface area (Å²) < 4.78 is 0. The molecule has 0 spiro atoms. The van der Waals surface area contributed by atoms with Crippen LogP contribution < -0.4 is 10.4 Å². The number of allylic oxidation sites excluding steroid dienone is 2. The lowest BCUT2D eigenvalue weighted by atomic mass is 9.66. The van der Waals surface area contributed by atoms with Crippen LogP contribution in [0.15, 0.2) is 115 Å². The molecular weight excluding hydrogens is 440 g/mol. The van der Waals surface area contributed by atoms with E-state index in [0.717, 1.165) is 32.3 Å². The molecule has 5 aromatic carbocycles. The van der Waals surface area contributed by atoms with Gasteiger partial charge in [0.2, 0.25) is 0 Å². The Balaban J connectivity index is 1.75. The predicted molar refractivity (Wildman–Crippen MR) is 148 cm³/mol. The molecule has 174 valence electrons. The topological polar surface area (TPSA) is 40.5 Å². The highest BCUT2D eigenvalue weighted by Crippen LogP contribution is 2.56. The van der Waals surface area contributed by atoms with Gasteiger partial charge < -0.3 is 10.2 Å². The molecule has 0 bridgehead atoms. The lowest BCUT2D eigenvalue weighted by Crippen LogP contribution is -2.31. The van der Waals surface area contributed by atoms with Gasteiger partial charge in [-0.1, -0.05) is 85.5 Å². The summed E-state index contributed by atoms with van der Waals surface area (Å²) in [6, 6.07) is 34.7. The Bertz CT molecular complexity index is 1750. The van der Waals surface area contributed by atoms with Crippen LogP contribution in [0.2, 0.25) is 0 Å². The number of fused-ring (bicyclic) bond motifs is 4. The molecule has 0 saturated heterocycles. The van der Waals surface area contributed by atoms with E-state index in [2.05, 4.69) is 92.4 Å². The van der Waals surface area contributed by atoms with Crippen LogP contribution >= 0.6 is 0 Å². The third kappa shape index (κ3) is 3.19. The average molecular weight is 467 g/mol. The summed E-state index contributed by atoms with van der Waals surface area (Å²) in [6.07, 6.45) is 4.38. The summed E-state index contributed by atoms with van der Waals surface area (Å²) in [4.78, 5) is 0. The highest BCUT2D eigenvalue weighted by Gasteiger charge is 2.46. The van der Waals surface area contributed by atoms with Crippen LogP contribution in [-0.2, 0) is 5.41 Å². The number of hydrogen-bond donors (Lipinski definition) is 2. The molecule has 1 aliphatic rings. The Kier molecular flexibility index (Phi) is 5.05. The first-order valence-corrected chi connectivity index (χ1v) is 12.1. The predicted octanol–water partition coefficient (Wildman–Crippen LogP) is 6.40. The van der Waals surface area contributed by atoms with Crippen molar-refractivity contribution in [3.05, 3.63) is 142 Å². The first kappa shape index (κ1) is 21.9. The molecule has 0 aromatic heterocycles. The van der Waals surface area contributed by atoms with Gasteiger partial charge in [0.15, 0.2) is 0 Å². The maximum absolute atomic E-state index is 10.0. The molecule has 36 heavy (non-hydrogen) atoms. The summed E-state index contributed by atoms with van der Waals surface area (Å²) in [5.74, 6) is 0.475. The minimum atomic E-state index is -0.543. The van der Waals surface area contributed by atoms with Gasteiger partial charge in [-0.2, -0.15) is 0 Å². The molecule has 1 aliphatic carbocycles. The fourth-order valence-electron chi connectivity index (χ4n) is 5.80. The normalized spacial score (nSPS) is 14.6. The highest BCUT2D eigenvalue weighted by molar-refractivity contribution is 5.91. The van der Waals surface area contributed by atoms with E-state index in [0.29, 0.717) is 0 Å². The Morgan fingerprint density at radius 3 is 1.94 bits per heavy atom. The third-order valence-electron chi connectivity index (χ3n) is 7.39. The van der Waals surface area contributed by atoms with Crippen molar-refractivity contribution in [3.63, 3.8) is 0 Å². The van der Waals surface area contributed by atoms with E-state index in [1.807, 2.05) is 12.1 Å². The molecular formula is C34H26O2. The molecule has 6 rings (SSSR count). The van der Waals surface area contributed by atoms with Crippen molar-refractivity contribution in [1.29, 1.82) is 0 Å². The molecule has 0 aliphatic heterocycles. The van der Waals surface area contributed by atoms with E-state index in [1.165, 1.54) is 22.3 Å². The van der Waals surface area contributed by atoms with Crippen molar-refractivity contribution in [3.8, 4) is 22.6 Å². The van der Waals surface area contributed by atoms with Gasteiger partial charge in [-0.3, -0.25) is 0 Å². The molecule has 5 aromatic rings. The van der Waals surface area contributed by atoms with Crippen LogP contribution in [0.4, 0.5) is 0 Å². The maximum atomic E-state index is 10.0. The summed E-state index contributed by atoms with van der Waals surface area (Å²) in [5, 5.41) is 23.8. The first-order valence-electron chi connectivity index (χ1n) is 12.1. The molecule has 0 radical (unpaired) electrons. The molecule has 0 heterocycles. The molecule has 0 atom stereocenters. The first-order chi connectivity index (χ1) is 17.5. The van der Waals surface area contributed by atoms with Crippen molar-refractivity contribution in [2.24, 2.45) is 0 Å². The van der Waals surface area contributed by atoms with Crippen molar-refractivity contribution in [2.75, 3.05) is 0 Å². The van der Waals surface area contributed by atoms with Crippen LogP contribution in [0.5, 0.6) is 11.5 Å². The van der Waals surface area contributed by atoms with Gasteiger partial charge in [-0.05, 0) is 97.9 Å². The summed E-state index contributed by atoms with van der Waals surface area (Å²) in [5.41, 5.74) is 6.68. The average Bonchev–Trinajstić information content (AvgIpc) is 3.19. The molecule has 0 saturated carbocycles. The van der Waals surface area contributed by atoms with Crippen LogP contribution in [0.25, 0.3) is 34.6 Å². The van der Waals surface area contributed by atoms with Crippen LogP contribution in [0, 0.1) is 0 Å². The molecule has 0 unspecified atom stereocenters. The fourth-order valence-corrected chi connectivity index (χ4v) is 5.80. The van der Waals surface area contributed by atoms with Gasteiger partial charge in [-0.15, -0.1) is 0 Å². The zero-order chi connectivity index (χ0) is 24.9. The van der Waals surface area contributed by atoms with E-state index in [-0.39, 0.29) is 11.5 Å². The fraction of sp³-hybridized carbons (Fsp3) is 0.0588. The van der Waals surface area contributed by atoms with E-state index in [9.17, 15) is 10.2 Å². The summed E-state index contributed by atoms with van der Waals surface area (Å²) >= 11 is 0. The molecule has 2 N–H and O–H groups in total. The largest absolute Gasteiger partial charge is 0.508 e. The van der Waals surface area contributed by atoms with Crippen LogP contribution in [0.1, 0.15) is 23.6 Å². The van der Waals surface area contributed by atoms with Gasteiger partial charge in [0.05, 0.1) is 5.41 Å². The molecule has 2 nitrogen and oxygen atoms in total. The number of phenolic OH excluding ortho intramolecular Hbond substituents is 2. The summed E-state index contributed by atoms with van der Waals surface area (Å²) in [6.45, 7) is 6.27. The van der Waals surface area contributed by atoms with E-state index >= 15 is 0 Å². The second kappa shape index (κ2) is 8.28. The zero-order valence-corrected chi connectivity index (χ0v) is 20.1. The van der Waals surface area contributed by atoms with Gasteiger partial charge >= 0.3 is 0 Å². The lowest BCUT2D eigenvalue weighted by Gasteiger charge is -2.35. The molecule has 2 heteroatoms. The minimum Gasteiger partial charge on any atom is -0.508 e. The number of aromatic hydroxyl groups is 2. The number of benzene rings is 5. The standard InChI is InChI=1S/C34H26O2/c1-3-26(19-23-13-16-28(35)18-22(23)2)34(27-15-12-25-21-29(36)17-14-24(25)20-27)32-10-6-4-8-30(32)31-9-5-7-11-33(31)34/h3-21,35-36H,2H2,1H3/b23-19-,26-3+. The van der Waals surface area contributed by atoms with Gasteiger partial charge in [0, 0.05) is 0 Å². The Morgan fingerprint density at radius 2 is 1.28 bits per heavy atom. The van der Waals surface area contributed by atoms with Crippen LogP contribution in [0.3, 0.4) is 0 Å². The second-order valence-corrected chi connectivity index (χ2v) is 9.36. The quantitative estimate of drug-likeness (QED) is 0.323. The Morgan fingerprint density at radius 1 is 0.694 bits per heavy atom. The van der Waals surface area contributed by atoms with Gasteiger partial charge in [0.1, 0.15) is 11.5 Å². The summed E-state index contributed by atoms with van der Waals surface area (Å²) in [7, 11) is 0. The third-order valence-corrected chi connectivity index (χ3v) is 7.39. The smallest absolute Gasteiger partial charge is 0.116 e. The highest BCUT2D eigenvalue weighted by atomic mass is 16.3. The van der Waals surface area contributed by atoms with E-state index < -0.39 is 5.41 Å². The van der Waals surface area contributed by atoms with Gasteiger partial charge in [0.25, 0.3) is 0 Å².